The molecule has 1 aliphatic heterocycles. The lowest BCUT2D eigenvalue weighted by molar-refractivity contribution is -0.0566. The maximum Gasteiger partial charge on any atom is 0.383 e. The summed E-state index contributed by atoms with van der Waals surface area (Å²) in [6.45, 7) is -0.426. The lowest BCUT2D eigenvalue weighted by atomic mass is 10.1. The van der Waals surface area contributed by atoms with Crippen LogP contribution in [0.4, 0.5) is 0 Å². The van der Waals surface area contributed by atoms with E-state index in [1.165, 1.54) is 24.2 Å². The molecule has 34 heavy (non-hydrogen) atoms. The molecule has 1 saturated heterocycles. The molecule has 4 atom stereocenters. The molecule has 15 nitrogen and oxygen atoms in total. The van der Waals surface area contributed by atoms with Crippen molar-refractivity contribution in [2.45, 2.75) is 43.9 Å². The van der Waals surface area contributed by atoms with Gasteiger partial charge in [-0.1, -0.05) is 5.21 Å². The van der Waals surface area contributed by atoms with Gasteiger partial charge in [0.05, 0.1) is 50.9 Å². The molecule has 0 bridgehead atoms. The van der Waals surface area contributed by atoms with Gasteiger partial charge in [0.2, 0.25) is 0 Å². The Balaban J connectivity index is 1.78. The Kier molecular flexibility index (Phi) is 8.46. The molecule has 0 amide bonds. The van der Waals surface area contributed by atoms with Crippen LogP contribution in [0.15, 0.2) is 28.0 Å². The Hall–Kier alpha value is -3.17. The van der Waals surface area contributed by atoms with Crippen LogP contribution in [0.25, 0.3) is 0 Å². The highest BCUT2D eigenvalue weighted by Gasteiger charge is 2.46. The number of nitrogens with zero attached hydrogens (tertiary/aromatic N) is 6. The number of hydrogen-bond donors (Lipinski definition) is 2. The van der Waals surface area contributed by atoms with Gasteiger partial charge in [-0.05, 0) is 0 Å². The number of nitriles is 2. The van der Waals surface area contributed by atoms with E-state index in [0.29, 0.717) is 0 Å². The second-order valence-electron chi connectivity index (χ2n) is 7.05. The highest BCUT2D eigenvalue weighted by molar-refractivity contribution is 7.61. The normalized spacial score (nSPS) is 22.4. The van der Waals surface area contributed by atoms with Gasteiger partial charge >= 0.3 is 13.3 Å². The summed E-state index contributed by atoms with van der Waals surface area (Å²) in [5.74, 6) is 0. The molecule has 3 rings (SSSR count). The smallest absolute Gasteiger partial charge is 0.383 e. The Morgan fingerprint density at radius 3 is 2.53 bits per heavy atom. The summed E-state index contributed by atoms with van der Waals surface area (Å²) in [5.41, 5.74) is -1.47. The molecule has 16 heteroatoms. The van der Waals surface area contributed by atoms with Gasteiger partial charge in [0.25, 0.3) is 5.56 Å². The Bertz CT molecular complexity index is 1200. The molecule has 0 saturated carbocycles. The minimum absolute atomic E-state index is 0.0360. The summed E-state index contributed by atoms with van der Waals surface area (Å²) in [5, 5.41) is 35.8. The zero-order chi connectivity index (χ0) is 24.7. The first-order valence-corrected chi connectivity index (χ1v) is 11.6. The highest BCUT2D eigenvalue weighted by atomic mass is 31.2. The van der Waals surface area contributed by atoms with E-state index in [2.05, 4.69) is 15.3 Å². The van der Waals surface area contributed by atoms with Crippen LogP contribution >= 0.6 is 7.60 Å². The zero-order valence-electron chi connectivity index (χ0n) is 18.0. The van der Waals surface area contributed by atoms with E-state index >= 15 is 0 Å². The molecule has 0 spiro atoms. The van der Waals surface area contributed by atoms with Gasteiger partial charge in [-0.15, -0.1) is 5.10 Å². The van der Waals surface area contributed by atoms with E-state index in [0.717, 1.165) is 10.6 Å². The second-order valence-corrected chi connectivity index (χ2v) is 9.02. The molecule has 2 N–H and O–H groups in total. The fourth-order valence-electron chi connectivity index (χ4n) is 3.26. The molecule has 2 aromatic rings. The van der Waals surface area contributed by atoms with Crippen molar-refractivity contribution in [1.82, 2.24) is 24.5 Å². The van der Waals surface area contributed by atoms with E-state index < -0.39 is 43.4 Å². The minimum atomic E-state index is -3.96. The van der Waals surface area contributed by atoms with Crippen LogP contribution in [0.3, 0.4) is 0 Å². The van der Waals surface area contributed by atoms with Crippen molar-refractivity contribution in [2.75, 3.05) is 20.3 Å². The fraction of sp³-hybridized carbons (Fsp3) is 0.556. The zero-order valence-corrected chi connectivity index (χ0v) is 18.9. The van der Waals surface area contributed by atoms with Crippen LogP contribution in [0, 0.1) is 22.7 Å². The first-order chi connectivity index (χ1) is 16.3. The number of ether oxygens (including phenoxy) is 2. The number of methoxy groups -OCH3 is 1. The molecular formula is C18H22N7O8P. The number of hydrogen-bond acceptors (Lipinski definition) is 12. The average molecular weight is 495 g/mol. The predicted octanol–water partition coefficient (Wildman–Crippen LogP) is -1.22. The van der Waals surface area contributed by atoms with Crippen LogP contribution in [-0.4, -0.2) is 68.3 Å². The van der Waals surface area contributed by atoms with Crippen LogP contribution < -0.4 is 16.7 Å². The summed E-state index contributed by atoms with van der Waals surface area (Å²) in [6, 6.07) is 4.85. The fourth-order valence-corrected chi connectivity index (χ4v) is 4.68. The monoisotopic (exact) mass is 495 g/mol. The average Bonchev–Trinajstić information content (AvgIpc) is 3.39. The number of aromatic amines is 1. The second kappa shape index (κ2) is 11.3. The maximum absolute atomic E-state index is 13.1. The third-order valence-corrected chi connectivity index (χ3v) is 6.65. The number of aliphatic hydroxyl groups excluding tert-OH is 1. The minimum Gasteiger partial charge on any atom is -0.387 e. The topological polar surface area (TPSA) is 207 Å². The molecule has 1 fully saturated rings. The lowest BCUT2D eigenvalue weighted by Crippen LogP contribution is -2.38. The van der Waals surface area contributed by atoms with E-state index in [1.54, 1.807) is 0 Å². The first-order valence-electron chi connectivity index (χ1n) is 10.0. The number of nitrogens with one attached hydrogen (secondary N) is 1. The first kappa shape index (κ1) is 25.5. The molecule has 1 aliphatic rings. The Morgan fingerprint density at radius 2 is 1.94 bits per heavy atom. The molecule has 182 valence electrons. The SMILES string of the molecule is CO[C@@H]1[C@H](O)[C@@H](Cn2cc(P(=O)(OCCC#N)OCCC#N)nn2)O[C@H]1n1ccc(=O)[nH]c1=O. The lowest BCUT2D eigenvalue weighted by Gasteiger charge is -2.19. The number of aromatic nitrogens is 5. The quantitative estimate of drug-likeness (QED) is 0.278. The maximum atomic E-state index is 13.1. The number of aliphatic hydroxyl groups is 1. The van der Waals surface area contributed by atoms with Crippen LogP contribution in [0.1, 0.15) is 19.1 Å². The third-order valence-electron chi connectivity index (χ3n) is 4.83. The van der Waals surface area contributed by atoms with Crippen LogP contribution in [-0.2, 0) is 29.6 Å². The standard InChI is InChI=1S/C18H22N7O8P/c1-30-16-15(27)12(33-17(16)25-7-4-13(26)21-18(25)28)10-24-11-14(22-23-24)34(29,31-8-2-5-19)32-9-3-6-20/h4,7,11-12,15-17,27H,2-3,8-10H2,1H3,(H,21,26,28)/t12-,15-,16-,17-/m1/s1. The molecule has 0 radical (unpaired) electrons. The summed E-state index contributed by atoms with van der Waals surface area (Å²) < 4.78 is 37.1. The van der Waals surface area contributed by atoms with E-state index in [9.17, 15) is 19.3 Å². The van der Waals surface area contributed by atoms with E-state index in [-0.39, 0.29) is 38.0 Å². The Morgan fingerprint density at radius 1 is 1.26 bits per heavy atom. The summed E-state index contributed by atoms with van der Waals surface area (Å²) >= 11 is 0. The number of rotatable bonds is 11. The highest BCUT2D eigenvalue weighted by Crippen LogP contribution is 2.46. The van der Waals surface area contributed by atoms with Gasteiger partial charge in [-0.2, -0.15) is 10.5 Å². The van der Waals surface area contributed by atoms with Crippen molar-refractivity contribution in [3.05, 3.63) is 39.3 Å². The van der Waals surface area contributed by atoms with E-state index in [4.69, 9.17) is 29.0 Å². The third kappa shape index (κ3) is 5.66. The summed E-state index contributed by atoms with van der Waals surface area (Å²) in [7, 11) is -2.63. The predicted molar refractivity (Wildman–Crippen MR) is 112 cm³/mol. The van der Waals surface area contributed by atoms with Crippen molar-refractivity contribution >= 4 is 13.0 Å². The molecule has 2 aromatic heterocycles. The largest absolute Gasteiger partial charge is 0.387 e. The number of H-pyrrole nitrogens is 1. The van der Waals surface area contributed by atoms with Gasteiger partial charge in [-0.3, -0.25) is 18.9 Å². The van der Waals surface area contributed by atoms with Crippen molar-refractivity contribution in [1.29, 1.82) is 10.5 Å². The van der Waals surface area contributed by atoms with Gasteiger partial charge in [-0.25, -0.2) is 9.48 Å². The van der Waals surface area contributed by atoms with Gasteiger partial charge in [0.1, 0.15) is 18.3 Å². The summed E-state index contributed by atoms with van der Waals surface area (Å²) in [6.07, 6.45) is -1.64. The van der Waals surface area contributed by atoms with E-state index in [1.807, 2.05) is 12.1 Å². The molecule has 0 aromatic carbocycles. The van der Waals surface area contributed by atoms with Crippen molar-refractivity contribution < 1.29 is 28.2 Å². The van der Waals surface area contributed by atoms with Gasteiger partial charge in [0.15, 0.2) is 11.7 Å². The van der Waals surface area contributed by atoms with Crippen molar-refractivity contribution in [3.8, 4) is 12.1 Å². The molecule has 0 aliphatic carbocycles. The molecular weight excluding hydrogens is 473 g/mol. The molecule has 0 unspecified atom stereocenters. The van der Waals surface area contributed by atoms with Crippen LogP contribution in [0.5, 0.6) is 0 Å². The van der Waals surface area contributed by atoms with Gasteiger partial charge < -0.3 is 23.6 Å². The van der Waals surface area contributed by atoms with Crippen LogP contribution in [0.2, 0.25) is 0 Å². The van der Waals surface area contributed by atoms with Crippen molar-refractivity contribution in [2.24, 2.45) is 0 Å². The molecule has 3 heterocycles. The summed E-state index contributed by atoms with van der Waals surface area (Å²) in [4.78, 5) is 25.6. The Labute approximate surface area is 192 Å². The van der Waals surface area contributed by atoms with Gasteiger partial charge in [0, 0.05) is 19.4 Å². The van der Waals surface area contributed by atoms with Crippen molar-refractivity contribution in [3.63, 3.8) is 0 Å².